The zero-order chi connectivity index (χ0) is 20.2. The van der Waals surface area contributed by atoms with Gasteiger partial charge in [-0.25, -0.2) is 9.37 Å². The van der Waals surface area contributed by atoms with Crippen molar-refractivity contribution < 1.29 is 14.0 Å². The van der Waals surface area contributed by atoms with E-state index in [-0.39, 0.29) is 17.4 Å². The highest BCUT2D eigenvalue weighted by Crippen LogP contribution is 2.15. The number of halogens is 1. The van der Waals surface area contributed by atoms with E-state index in [1.54, 1.807) is 46.6 Å². The van der Waals surface area contributed by atoms with Crippen LogP contribution in [-0.2, 0) is 0 Å². The van der Waals surface area contributed by atoms with E-state index in [9.17, 15) is 14.0 Å². The Morgan fingerprint density at radius 2 is 1.55 bits per heavy atom. The van der Waals surface area contributed by atoms with Crippen LogP contribution in [0.4, 0.5) is 4.39 Å². The van der Waals surface area contributed by atoms with Gasteiger partial charge in [0.2, 0.25) is 0 Å². The number of hydrogen-bond acceptors (Lipinski definition) is 3. The molecular weight excluding hydrogens is 371 g/mol. The Hall–Kier alpha value is -3.48. The lowest BCUT2D eigenvalue weighted by molar-refractivity contribution is 0.0716. The molecule has 1 aromatic heterocycles. The zero-order valence-electron chi connectivity index (χ0n) is 15.9. The fourth-order valence-electron chi connectivity index (χ4n) is 3.50. The third kappa shape index (κ3) is 4.03. The molecule has 0 spiro atoms. The molecule has 0 N–H and O–H groups in total. The Labute approximate surface area is 168 Å². The second-order valence-corrected chi connectivity index (χ2v) is 6.93. The summed E-state index contributed by atoms with van der Waals surface area (Å²) in [6, 6.07) is 13.3. The summed E-state index contributed by atoms with van der Waals surface area (Å²) in [7, 11) is 0. The molecule has 2 amide bonds. The van der Waals surface area contributed by atoms with Crippen LogP contribution in [0.5, 0.6) is 0 Å². The van der Waals surface area contributed by atoms with Gasteiger partial charge >= 0.3 is 0 Å². The SMILES string of the molecule is O=C(c1ccc(-n2ccnc2)cc1)N1CCCN(C(=O)c2ccccc2F)CC1. The number of rotatable bonds is 3. The summed E-state index contributed by atoms with van der Waals surface area (Å²) in [6.45, 7) is 1.86. The minimum absolute atomic E-state index is 0.0672. The smallest absolute Gasteiger partial charge is 0.256 e. The van der Waals surface area contributed by atoms with Crippen molar-refractivity contribution in [2.75, 3.05) is 26.2 Å². The average molecular weight is 392 g/mol. The molecule has 0 unspecified atom stereocenters. The van der Waals surface area contributed by atoms with Crippen molar-refractivity contribution in [3.05, 3.63) is 84.2 Å². The third-order valence-electron chi connectivity index (χ3n) is 5.09. The molecule has 3 aromatic rings. The molecule has 1 saturated heterocycles. The van der Waals surface area contributed by atoms with Gasteiger partial charge in [0.15, 0.2) is 0 Å². The van der Waals surface area contributed by atoms with Crippen LogP contribution < -0.4 is 0 Å². The van der Waals surface area contributed by atoms with Crippen molar-refractivity contribution >= 4 is 11.8 Å². The fourth-order valence-corrected chi connectivity index (χ4v) is 3.50. The molecule has 29 heavy (non-hydrogen) atoms. The summed E-state index contributed by atoms with van der Waals surface area (Å²) in [5.74, 6) is -0.919. The van der Waals surface area contributed by atoms with Crippen molar-refractivity contribution in [3.63, 3.8) is 0 Å². The normalized spacial score (nSPS) is 14.5. The maximum absolute atomic E-state index is 13.9. The largest absolute Gasteiger partial charge is 0.337 e. The van der Waals surface area contributed by atoms with Crippen molar-refractivity contribution in [1.29, 1.82) is 0 Å². The molecule has 2 heterocycles. The van der Waals surface area contributed by atoms with Crippen LogP contribution in [0, 0.1) is 5.82 Å². The van der Waals surface area contributed by atoms with Crippen LogP contribution in [0.25, 0.3) is 5.69 Å². The van der Waals surface area contributed by atoms with Gasteiger partial charge in [-0.3, -0.25) is 9.59 Å². The van der Waals surface area contributed by atoms with Gasteiger partial charge in [0.25, 0.3) is 11.8 Å². The topological polar surface area (TPSA) is 58.4 Å². The first-order chi connectivity index (χ1) is 14.1. The summed E-state index contributed by atoms with van der Waals surface area (Å²) in [6.07, 6.45) is 5.89. The molecule has 0 bridgehead atoms. The second-order valence-electron chi connectivity index (χ2n) is 6.93. The highest BCUT2D eigenvalue weighted by molar-refractivity contribution is 5.95. The fraction of sp³-hybridized carbons (Fsp3) is 0.227. The number of carbonyl (C=O) groups excluding carboxylic acids is 2. The van der Waals surface area contributed by atoms with E-state index in [2.05, 4.69) is 4.98 Å². The first-order valence-electron chi connectivity index (χ1n) is 9.55. The second kappa shape index (κ2) is 8.26. The van der Waals surface area contributed by atoms with Crippen LogP contribution in [0.1, 0.15) is 27.1 Å². The monoisotopic (exact) mass is 392 g/mol. The molecule has 1 aliphatic heterocycles. The predicted octanol–water partition coefficient (Wildman–Crippen LogP) is 3.00. The molecule has 4 rings (SSSR count). The maximum Gasteiger partial charge on any atom is 0.256 e. The molecule has 1 aliphatic rings. The summed E-state index contributed by atoms with van der Waals surface area (Å²) in [5.41, 5.74) is 1.60. The average Bonchev–Trinajstić information content (AvgIpc) is 3.18. The third-order valence-corrected chi connectivity index (χ3v) is 5.09. The van der Waals surface area contributed by atoms with Crippen LogP contribution in [-0.4, -0.2) is 57.3 Å². The Balaban J connectivity index is 1.42. The Kier molecular flexibility index (Phi) is 5.37. The Morgan fingerprint density at radius 3 is 2.21 bits per heavy atom. The van der Waals surface area contributed by atoms with Gasteiger partial charge < -0.3 is 14.4 Å². The van der Waals surface area contributed by atoms with Gasteiger partial charge in [-0.1, -0.05) is 12.1 Å². The summed E-state index contributed by atoms with van der Waals surface area (Å²) >= 11 is 0. The van der Waals surface area contributed by atoms with Crippen LogP contribution in [0.2, 0.25) is 0 Å². The summed E-state index contributed by atoms with van der Waals surface area (Å²) < 4.78 is 15.8. The lowest BCUT2D eigenvalue weighted by atomic mass is 10.1. The van der Waals surface area contributed by atoms with E-state index in [0.717, 1.165) is 5.69 Å². The molecule has 0 radical (unpaired) electrons. The molecule has 148 valence electrons. The van der Waals surface area contributed by atoms with Gasteiger partial charge in [0.05, 0.1) is 11.9 Å². The van der Waals surface area contributed by atoms with E-state index in [4.69, 9.17) is 0 Å². The lowest BCUT2D eigenvalue weighted by Gasteiger charge is -2.22. The minimum Gasteiger partial charge on any atom is -0.337 e. The first kappa shape index (κ1) is 18.9. The molecule has 0 atom stereocenters. The molecular formula is C22H21FN4O2. The molecule has 1 fully saturated rings. The molecule has 6 nitrogen and oxygen atoms in total. The number of carbonyl (C=O) groups is 2. The number of hydrogen-bond donors (Lipinski definition) is 0. The van der Waals surface area contributed by atoms with Gasteiger partial charge in [-0.05, 0) is 42.8 Å². The van der Waals surface area contributed by atoms with E-state index < -0.39 is 5.82 Å². The highest BCUT2D eigenvalue weighted by Gasteiger charge is 2.24. The van der Waals surface area contributed by atoms with E-state index in [1.165, 1.54) is 12.1 Å². The molecule has 2 aromatic carbocycles. The zero-order valence-corrected chi connectivity index (χ0v) is 15.9. The predicted molar refractivity (Wildman–Crippen MR) is 106 cm³/mol. The van der Waals surface area contributed by atoms with Crippen LogP contribution in [0.3, 0.4) is 0 Å². The van der Waals surface area contributed by atoms with E-state index in [1.807, 2.05) is 22.9 Å². The first-order valence-corrected chi connectivity index (χ1v) is 9.55. The number of nitrogens with zero attached hydrogens (tertiary/aromatic N) is 4. The van der Waals surface area contributed by atoms with Crippen molar-refractivity contribution in [3.8, 4) is 5.69 Å². The Morgan fingerprint density at radius 1 is 0.862 bits per heavy atom. The van der Waals surface area contributed by atoms with Gasteiger partial charge in [0, 0.05) is 49.8 Å². The summed E-state index contributed by atoms with van der Waals surface area (Å²) in [5, 5.41) is 0. The van der Waals surface area contributed by atoms with Crippen molar-refractivity contribution in [2.45, 2.75) is 6.42 Å². The molecule has 0 saturated carbocycles. The molecule has 7 heteroatoms. The number of amides is 2. The number of benzene rings is 2. The van der Waals surface area contributed by atoms with Gasteiger partial charge in [-0.15, -0.1) is 0 Å². The van der Waals surface area contributed by atoms with Gasteiger partial charge in [-0.2, -0.15) is 0 Å². The standard InChI is InChI=1S/C22H21FN4O2/c23-20-5-2-1-4-19(20)22(29)26-12-3-11-25(14-15-26)21(28)17-6-8-18(9-7-17)27-13-10-24-16-27/h1-2,4-10,13,16H,3,11-12,14-15H2. The van der Waals surface area contributed by atoms with E-state index in [0.29, 0.717) is 38.2 Å². The quantitative estimate of drug-likeness (QED) is 0.689. The van der Waals surface area contributed by atoms with E-state index >= 15 is 0 Å². The van der Waals surface area contributed by atoms with Crippen molar-refractivity contribution in [1.82, 2.24) is 19.4 Å². The van der Waals surface area contributed by atoms with Crippen LogP contribution in [0.15, 0.2) is 67.3 Å². The Bertz CT molecular complexity index is 1000. The maximum atomic E-state index is 13.9. The molecule has 0 aliphatic carbocycles. The lowest BCUT2D eigenvalue weighted by Crippen LogP contribution is -2.37. The number of imidazole rings is 1. The van der Waals surface area contributed by atoms with Crippen LogP contribution >= 0.6 is 0 Å². The number of aromatic nitrogens is 2. The highest BCUT2D eigenvalue weighted by atomic mass is 19.1. The van der Waals surface area contributed by atoms with Gasteiger partial charge in [0.1, 0.15) is 5.82 Å². The summed E-state index contributed by atoms with van der Waals surface area (Å²) in [4.78, 5) is 32.9. The van der Waals surface area contributed by atoms with Crippen molar-refractivity contribution in [2.24, 2.45) is 0 Å². The minimum atomic E-state index is -0.521.